The Morgan fingerprint density at radius 1 is 1.35 bits per heavy atom. The highest BCUT2D eigenvalue weighted by molar-refractivity contribution is 7.98. The first kappa shape index (κ1) is 15.3. The first-order chi connectivity index (χ1) is 9.38. The summed E-state index contributed by atoms with van der Waals surface area (Å²) in [5.74, 6) is -0.595. The van der Waals surface area contributed by atoms with Crippen molar-refractivity contribution in [2.75, 3.05) is 6.26 Å². The molecule has 0 bridgehead atoms. The Labute approximate surface area is 121 Å². The average molecular weight is 322 g/mol. The summed E-state index contributed by atoms with van der Waals surface area (Å²) < 4.78 is 52.4. The molecule has 0 saturated carbocycles. The van der Waals surface area contributed by atoms with Crippen molar-refractivity contribution < 1.29 is 17.6 Å². The van der Waals surface area contributed by atoms with E-state index in [4.69, 9.17) is 5.73 Å². The van der Waals surface area contributed by atoms with Crippen molar-refractivity contribution in [2.24, 2.45) is 5.73 Å². The highest BCUT2D eigenvalue weighted by atomic mass is 32.2. The number of nitrogens with two attached hydrogens (primary N) is 1. The van der Waals surface area contributed by atoms with Crippen LogP contribution in [0.15, 0.2) is 23.1 Å². The van der Waals surface area contributed by atoms with E-state index in [0.717, 1.165) is 11.3 Å². The fraction of sp³-hybridized carbons (Fsp3) is 0.250. The van der Waals surface area contributed by atoms with E-state index in [1.165, 1.54) is 23.9 Å². The predicted molar refractivity (Wildman–Crippen MR) is 72.2 cm³/mol. The number of alkyl halides is 3. The molecular formula is C12H10F4N2S2. The van der Waals surface area contributed by atoms with Gasteiger partial charge in [-0.3, -0.25) is 0 Å². The van der Waals surface area contributed by atoms with Gasteiger partial charge in [0.25, 0.3) is 0 Å². The summed E-state index contributed by atoms with van der Waals surface area (Å²) >= 11 is 2.02. The second-order valence-corrected chi connectivity index (χ2v) is 5.74. The van der Waals surface area contributed by atoms with Gasteiger partial charge in [-0.25, -0.2) is 9.37 Å². The Bertz CT molecular complexity index is 622. The summed E-state index contributed by atoms with van der Waals surface area (Å²) in [7, 11) is 0. The number of rotatable bonds is 3. The summed E-state index contributed by atoms with van der Waals surface area (Å²) in [4.78, 5) is 4.00. The number of hydrogen-bond donors (Lipinski definition) is 1. The third kappa shape index (κ3) is 2.82. The van der Waals surface area contributed by atoms with Gasteiger partial charge in [0, 0.05) is 11.4 Å². The quantitative estimate of drug-likeness (QED) is 0.681. The zero-order valence-corrected chi connectivity index (χ0v) is 11.9. The highest BCUT2D eigenvalue weighted by Gasteiger charge is 2.37. The fourth-order valence-electron chi connectivity index (χ4n) is 1.70. The molecule has 8 heteroatoms. The van der Waals surface area contributed by atoms with Crippen LogP contribution in [-0.4, -0.2) is 11.2 Å². The summed E-state index contributed by atoms with van der Waals surface area (Å²) in [5.41, 5.74) is 4.38. The fourth-order valence-corrected chi connectivity index (χ4v) is 3.40. The van der Waals surface area contributed by atoms with Gasteiger partial charge in [-0.15, -0.1) is 23.1 Å². The van der Waals surface area contributed by atoms with Crippen LogP contribution >= 0.6 is 23.1 Å². The number of halogens is 4. The molecule has 0 aliphatic rings. The maximum absolute atomic E-state index is 13.9. The van der Waals surface area contributed by atoms with Gasteiger partial charge in [0.15, 0.2) is 5.69 Å². The van der Waals surface area contributed by atoms with Gasteiger partial charge in [-0.05, 0) is 18.4 Å². The van der Waals surface area contributed by atoms with Gasteiger partial charge >= 0.3 is 6.18 Å². The molecule has 0 atom stereocenters. The predicted octanol–water partition coefficient (Wildman–Crippen LogP) is 4.15. The standard InChI is InChI=1S/C12H10F4N2S2/c1-19-7-4-2-3-6(13)9(7)11-18-10(12(14,15)16)8(5-17)20-11/h2-4H,5,17H2,1H3. The Morgan fingerprint density at radius 2 is 2.05 bits per heavy atom. The molecule has 2 nitrogen and oxygen atoms in total. The molecule has 2 N–H and O–H groups in total. The molecular weight excluding hydrogens is 312 g/mol. The molecule has 1 aromatic carbocycles. The van der Waals surface area contributed by atoms with Crippen LogP contribution in [0.1, 0.15) is 10.6 Å². The average Bonchev–Trinajstić information content (AvgIpc) is 2.82. The third-order valence-electron chi connectivity index (χ3n) is 2.56. The van der Waals surface area contributed by atoms with Crippen molar-refractivity contribution in [3.05, 3.63) is 34.6 Å². The molecule has 108 valence electrons. The zero-order valence-electron chi connectivity index (χ0n) is 10.3. The van der Waals surface area contributed by atoms with E-state index < -0.39 is 17.7 Å². The molecule has 1 heterocycles. The van der Waals surface area contributed by atoms with Crippen LogP contribution in [0.4, 0.5) is 17.6 Å². The molecule has 20 heavy (non-hydrogen) atoms. The normalized spacial score (nSPS) is 11.9. The lowest BCUT2D eigenvalue weighted by atomic mass is 10.2. The lowest BCUT2D eigenvalue weighted by molar-refractivity contribution is -0.141. The molecule has 0 unspecified atom stereocenters. The SMILES string of the molecule is CSc1cccc(F)c1-c1nc(C(F)(F)F)c(CN)s1. The van der Waals surface area contributed by atoms with E-state index >= 15 is 0 Å². The minimum atomic E-state index is -4.59. The van der Waals surface area contributed by atoms with E-state index in [1.54, 1.807) is 12.3 Å². The van der Waals surface area contributed by atoms with E-state index in [0.29, 0.717) is 4.90 Å². The van der Waals surface area contributed by atoms with Crippen LogP contribution in [-0.2, 0) is 12.7 Å². The summed E-state index contributed by atoms with van der Waals surface area (Å²) in [6.07, 6.45) is -2.87. The minimum absolute atomic E-state index is 0.000208. The van der Waals surface area contributed by atoms with E-state index in [2.05, 4.69) is 4.98 Å². The molecule has 2 aromatic rings. The van der Waals surface area contributed by atoms with Gasteiger partial charge < -0.3 is 5.73 Å². The number of thiazole rings is 1. The second-order valence-electron chi connectivity index (χ2n) is 3.81. The van der Waals surface area contributed by atoms with Gasteiger partial charge in [0.05, 0.1) is 10.4 Å². The van der Waals surface area contributed by atoms with E-state index in [-0.39, 0.29) is 22.0 Å². The maximum atomic E-state index is 13.9. The number of thioether (sulfide) groups is 1. The molecule has 2 rings (SSSR count). The smallest absolute Gasteiger partial charge is 0.326 e. The second kappa shape index (κ2) is 5.71. The molecule has 0 spiro atoms. The van der Waals surface area contributed by atoms with Gasteiger partial charge in [-0.1, -0.05) is 6.07 Å². The van der Waals surface area contributed by atoms with Crippen LogP contribution < -0.4 is 5.73 Å². The Morgan fingerprint density at radius 3 is 2.55 bits per heavy atom. The highest BCUT2D eigenvalue weighted by Crippen LogP contribution is 2.40. The summed E-state index contributed by atoms with van der Waals surface area (Å²) in [5, 5.41) is 0.000208. The third-order valence-corrected chi connectivity index (χ3v) is 4.44. The van der Waals surface area contributed by atoms with Gasteiger partial charge in [-0.2, -0.15) is 13.2 Å². The van der Waals surface area contributed by atoms with Crippen LogP contribution in [0.2, 0.25) is 0 Å². The number of hydrogen-bond acceptors (Lipinski definition) is 4. The van der Waals surface area contributed by atoms with Gasteiger partial charge in [0.2, 0.25) is 0 Å². The maximum Gasteiger partial charge on any atom is 0.434 e. The van der Waals surface area contributed by atoms with Crippen LogP contribution in [0.5, 0.6) is 0 Å². The first-order valence-electron chi connectivity index (χ1n) is 5.48. The number of aromatic nitrogens is 1. The summed E-state index contributed by atoms with van der Waals surface area (Å²) in [6.45, 7) is -0.282. The Hall–Kier alpha value is -1.12. The molecule has 0 fully saturated rings. The van der Waals surface area contributed by atoms with Crippen molar-refractivity contribution in [3.8, 4) is 10.6 Å². The van der Waals surface area contributed by atoms with Crippen LogP contribution in [0.25, 0.3) is 10.6 Å². The molecule has 0 saturated heterocycles. The number of nitrogens with zero attached hydrogens (tertiary/aromatic N) is 1. The molecule has 0 amide bonds. The molecule has 0 radical (unpaired) electrons. The monoisotopic (exact) mass is 322 g/mol. The Balaban J connectivity index is 2.63. The molecule has 0 aliphatic heterocycles. The summed E-state index contributed by atoms with van der Waals surface area (Å²) in [6, 6.07) is 4.35. The molecule has 1 aromatic heterocycles. The molecule has 0 aliphatic carbocycles. The van der Waals surface area contributed by atoms with Crippen LogP contribution in [0.3, 0.4) is 0 Å². The topological polar surface area (TPSA) is 38.9 Å². The van der Waals surface area contributed by atoms with Crippen molar-refractivity contribution in [2.45, 2.75) is 17.6 Å². The van der Waals surface area contributed by atoms with Crippen molar-refractivity contribution >= 4 is 23.1 Å². The van der Waals surface area contributed by atoms with E-state index in [9.17, 15) is 17.6 Å². The number of benzene rings is 1. The lowest BCUT2D eigenvalue weighted by Gasteiger charge is -2.05. The van der Waals surface area contributed by atoms with Crippen molar-refractivity contribution in [3.63, 3.8) is 0 Å². The largest absolute Gasteiger partial charge is 0.434 e. The van der Waals surface area contributed by atoms with Crippen molar-refractivity contribution in [1.29, 1.82) is 0 Å². The van der Waals surface area contributed by atoms with E-state index in [1.807, 2.05) is 0 Å². The Kier molecular flexibility index (Phi) is 4.36. The van der Waals surface area contributed by atoms with Crippen molar-refractivity contribution in [1.82, 2.24) is 4.98 Å². The van der Waals surface area contributed by atoms with Gasteiger partial charge in [0.1, 0.15) is 10.8 Å². The van der Waals surface area contributed by atoms with Crippen LogP contribution in [0, 0.1) is 5.82 Å². The first-order valence-corrected chi connectivity index (χ1v) is 7.52. The lowest BCUT2D eigenvalue weighted by Crippen LogP contribution is -2.10. The zero-order chi connectivity index (χ0) is 14.9. The minimum Gasteiger partial charge on any atom is -0.326 e.